The SMILES string of the molecule is Cc1ccccc1OCC(=O)N(C)C(c1ccccc1)c1ccccc1. The zero-order valence-corrected chi connectivity index (χ0v) is 15.1. The molecule has 0 aliphatic carbocycles. The van der Waals surface area contributed by atoms with Crippen molar-refractivity contribution in [3.63, 3.8) is 0 Å². The molecule has 0 spiro atoms. The molecule has 132 valence electrons. The number of rotatable bonds is 6. The molecule has 0 atom stereocenters. The van der Waals surface area contributed by atoms with Gasteiger partial charge in [0.25, 0.3) is 5.91 Å². The summed E-state index contributed by atoms with van der Waals surface area (Å²) >= 11 is 0. The van der Waals surface area contributed by atoms with E-state index in [0.29, 0.717) is 0 Å². The molecule has 0 heterocycles. The van der Waals surface area contributed by atoms with Crippen molar-refractivity contribution < 1.29 is 9.53 Å². The number of hydrogen-bond acceptors (Lipinski definition) is 2. The van der Waals surface area contributed by atoms with Crippen LogP contribution in [0.2, 0.25) is 0 Å². The number of amides is 1. The molecule has 0 saturated heterocycles. The second kappa shape index (κ2) is 8.34. The molecular formula is C23H23NO2. The number of aryl methyl sites for hydroxylation is 1. The molecule has 3 aromatic rings. The van der Waals surface area contributed by atoms with Crippen LogP contribution in [0.4, 0.5) is 0 Å². The maximum atomic E-state index is 12.8. The number of likely N-dealkylation sites (N-methyl/N-ethyl adjacent to an activating group) is 1. The van der Waals surface area contributed by atoms with Crippen LogP contribution in [0, 0.1) is 6.92 Å². The minimum Gasteiger partial charge on any atom is -0.484 e. The van der Waals surface area contributed by atoms with Crippen LogP contribution in [0.1, 0.15) is 22.7 Å². The highest BCUT2D eigenvalue weighted by Crippen LogP contribution is 2.27. The highest BCUT2D eigenvalue weighted by atomic mass is 16.5. The first-order chi connectivity index (χ1) is 12.7. The summed E-state index contributed by atoms with van der Waals surface area (Å²) in [5.41, 5.74) is 3.17. The van der Waals surface area contributed by atoms with Gasteiger partial charge in [0, 0.05) is 7.05 Å². The second-order valence-corrected chi connectivity index (χ2v) is 6.28. The molecule has 0 unspecified atom stereocenters. The molecule has 0 aliphatic heterocycles. The molecule has 0 bridgehead atoms. The summed E-state index contributed by atoms with van der Waals surface area (Å²) < 4.78 is 5.75. The Morgan fingerprint density at radius 3 is 1.88 bits per heavy atom. The lowest BCUT2D eigenvalue weighted by Gasteiger charge is -2.29. The number of ether oxygens (including phenoxy) is 1. The van der Waals surface area contributed by atoms with Gasteiger partial charge in [0.2, 0.25) is 0 Å². The molecule has 3 nitrogen and oxygen atoms in total. The second-order valence-electron chi connectivity index (χ2n) is 6.28. The Hall–Kier alpha value is -3.07. The minimum absolute atomic E-state index is 0.0114. The van der Waals surface area contributed by atoms with Crippen molar-refractivity contribution in [2.75, 3.05) is 13.7 Å². The normalized spacial score (nSPS) is 10.6. The van der Waals surface area contributed by atoms with Crippen LogP contribution < -0.4 is 4.74 Å². The largest absolute Gasteiger partial charge is 0.484 e. The van der Waals surface area contributed by atoms with Crippen LogP contribution in [0.3, 0.4) is 0 Å². The van der Waals surface area contributed by atoms with Crippen molar-refractivity contribution >= 4 is 5.91 Å². The lowest BCUT2D eigenvalue weighted by Crippen LogP contribution is -2.35. The molecule has 0 aliphatic rings. The van der Waals surface area contributed by atoms with E-state index in [-0.39, 0.29) is 18.6 Å². The van der Waals surface area contributed by atoms with E-state index in [0.717, 1.165) is 22.4 Å². The van der Waals surface area contributed by atoms with Crippen LogP contribution in [0.15, 0.2) is 84.9 Å². The van der Waals surface area contributed by atoms with Crippen molar-refractivity contribution in [3.05, 3.63) is 102 Å². The van der Waals surface area contributed by atoms with E-state index >= 15 is 0 Å². The van der Waals surface area contributed by atoms with E-state index in [2.05, 4.69) is 0 Å². The number of carbonyl (C=O) groups is 1. The van der Waals surface area contributed by atoms with Crippen LogP contribution in [-0.2, 0) is 4.79 Å². The Kier molecular flexibility index (Phi) is 5.69. The molecule has 0 fully saturated rings. The van der Waals surface area contributed by atoms with Gasteiger partial charge < -0.3 is 9.64 Å². The summed E-state index contributed by atoms with van der Waals surface area (Å²) in [6.07, 6.45) is 0. The highest BCUT2D eigenvalue weighted by Gasteiger charge is 2.23. The average molecular weight is 345 g/mol. The summed E-state index contributed by atoms with van der Waals surface area (Å²) in [6.45, 7) is 1.98. The fourth-order valence-electron chi connectivity index (χ4n) is 3.01. The first kappa shape index (κ1) is 17.7. The molecule has 0 N–H and O–H groups in total. The van der Waals surface area contributed by atoms with Crippen LogP contribution in [0.25, 0.3) is 0 Å². The van der Waals surface area contributed by atoms with Gasteiger partial charge in [-0.25, -0.2) is 0 Å². The Bertz CT molecular complexity index is 807. The van der Waals surface area contributed by atoms with E-state index < -0.39 is 0 Å². The summed E-state index contributed by atoms with van der Waals surface area (Å²) in [6, 6.07) is 27.7. The standard InChI is InChI=1S/C23H23NO2/c1-18-11-9-10-16-21(18)26-17-22(25)24(2)23(19-12-5-3-6-13-19)20-14-7-4-8-15-20/h3-16,23H,17H2,1-2H3. The third-order valence-electron chi connectivity index (χ3n) is 4.46. The lowest BCUT2D eigenvalue weighted by molar-refractivity contribution is -0.133. The fraction of sp³-hybridized carbons (Fsp3) is 0.174. The highest BCUT2D eigenvalue weighted by molar-refractivity contribution is 5.78. The van der Waals surface area contributed by atoms with Crippen LogP contribution in [-0.4, -0.2) is 24.5 Å². The van der Waals surface area contributed by atoms with E-state index in [1.165, 1.54) is 0 Å². The predicted octanol–water partition coefficient (Wildman–Crippen LogP) is 4.62. The molecule has 3 rings (SSSR count). The first-order valence-electron chi connectivity index (χ1n) is 8.71. The molecular weight excluding hydrogens is 322 g/mol. The number of nitrogens with zero attached hydrogens (tertiary/aromatic N) is 1. The zero-order valence-electron chi connectivity index (χ0n) is 15.1. The first-order valence-corrected chi connectivity index (χ1v) is 8.71. The van der Waals surface area contributed by atoms with Gasteiger partial charge >= 0.3 is 0 Å². The number of para-hydroxylation sites is 1. The van der Waals surface area contributed by atoms with Crippen molar-refractivity contribution in [1.29, 1.82) is 0 Å². The number of carbonyl (C=O) groups excluding carboxylic acids is 1. The molecule has 3 heteroatoms. The predicted molar refractivity (Wildman–Crippen MR) is 104 cm³/mol. The molecule has 0 aromatic heterocycles. The summed E-state index contributed by atoms with van der Waals surface area (Å²) in [5.74, 6) is 0.677. The smallest absolute Gasteiger partial charge is 0.261 e. The van der Waals surface area contributed by atoms with E-state index in [1.807, 2.05) is 98.9 Å². The van der Waals surface area contributed by atoms with Gasteiger partial charge in [-0.1, -0.05) is 78.9 Å². The van der Waals surface area contributed by atoms with Crippen molar-refractivity contribution in [3.8, 4) is 5.75 Å². The Morgan fingerprint density at radius 2 is 1.35 bits per heavy atom. The topological polar surface area (TPSA) is 29.5 Å². The van der Waals surface area contributed by atoms with E-state index in [1.54, 1.807) is 4.90 Å². The van der Waals surface area contributed by atoms with Crippen LogP contribution in [0.5, 0.6) is 5.75 Å². The monoisotopic (exact) mass is 345 g/mol. The molecule has 3 aromatic carbocycles. The molecule has 1 amide bonds. The molecule has 0 saturated carbocycles. The third-order valence-corrected chi connectivity index (χ3v) is 4.46. The van der Waals surface area contributed by atoms with Gasteiger partial charge in [0.15, 0.2) is 6.61 Å². The minimum atomic E-state index is -0.148. The quantitative estimate of drug-likeness (QED) is 0.652. The van der Waals surface area contributed by atoms with Gasteiger partial charge in [-0.2, -0.15) is 0 Å². The summed E-state index contributed by atoms with van der Waals surface area (Å²) in [4.78, 5) is 14.6. The Labute approximate surface area is 154 Å². The average Bonchev–Trinajstić information content (AvgIpc) is 2.69. The van der Waals surface area contributed by atoms with Gasteiger partial charge in [-0.15, -0.1) is 0 Å². The maximum absolute atomic E-state index is 12.8. The fourth-order valence-corrected chi connectivity index (χ4v) is 3.01. The summed E-state index contributed by atoms with van der Waals surface area (Å²) in [7, 11) is 1.83. The van der Waals surface area contributed by atoms with Crippen molar-refractivity contribution in [2.24, 2.45) is 0 Å². The Morgan fingerprint density at radius 1 is 0.846 bits per heavy atom. The molecule has 26 heavy (non-hydrogen) atoms. The van der Waals surface area contributed by atoms with Gasteiger partial charge in [0.1, 0.15) is 5.75 Å². The number of benzene rings is 3. The lowest BCUT2D eigenvalue weighted by atomic mass is 9.97. The van der Waals surface area contributed by atoms with Crippen molar-refractivity contribution in [2.45, 2.75) is 13.0 Å². The van der Waals surface area contributed by atoms with E-state index in [9.17, 15) is 4.79 Å². The summed E-state index contributed by atoms with van der Waals surface area (Å²) in [5, 5.41) is 0. The number of hydrogen-bond donors (Lipinski definition) is 0. The Balaban J connectivity index is 1.80. The molecule has 0 radical (unpaired) electrons. The van der Waals surface area contributed by atoms with Crippen molar-refractivity contribution in [1.82, 2.24) is 4.90 Å². The zero-order chi connectivity index (χ0) is 18.4. The van der Waals surface area contributed by atoms with Gasteiger partial charge in [0.05, 0.1) is 6.04 Å². The van der Waals surface area contributed by atoms with E-state index in [4.69, 9.17) is 4.74 Å². The van der Waals surface area contributed by atoms with Gasteiger partial charge in [-0.05, 0) is 29.7 Å². The maximum Gasteiger partial charge on any atom is 0.261 e. The van der Waals surface area contributed by atoms with Crippen LogP contribution >= 0.6 is 0 Å². The third kappa shape index (κ3) is 4.12. The van der Waals surface area contributed by atoms with Gasteiger partial charge in [-0.3, -0.25) is 4.79 Å².